The summed E-state index contributed by atoms with van der Waals surface area (Å²) in [7, 11) is 1.66. The van der Waals surface area contributed by atoms with Gasteiger partial charge in [0.2, 0.25) is 0 Å². The Balaban J connectivity index is 2.72. The quantitative estimate of drug-likeness (QED) is 0.573. The summed E-state index contributed by atoms with van der Waals surface area (Å²) in [5, 5.41) is 8.60. The number of nitrogens with one attached hydrogen (secondary N) is 1. The monoisotopic (exact) mass is 303 g/mol. The third-order valence-corrected chi connectivity index (χ3v) is 3.46. The van der Waals surface area contributed by atoms with Crippen LogP contribution in [-0.4, -0.2) is 37.5 Å². The van der Waals surface area contributed by atoms with Crippen LogP contribution in [0, 0.1) is 5.41 Å². The first-order chi connectivity index (χ1) is 9.04. The molecule has 0 aromatic heterocycles. The minimum Gasteiger partial charge on any atom is -0.388 e. The molecule has 0 saturated heterocycles. The predicted octanol–water partition coefficient (Wildman–Crippen LogP) is 2.77. The molecule has 0 saturated carbocycles. The highest BCUT2D eigenvalue weighted by molar-refractivity contribution is 6.35. The van der Waals surface area contributed by atoms with E-state index in [1.807, 2.05) is 18.2 Å². The topological polar surface area (TPSA) is 62.3 Å². The summed E-state index contributed by atoms with van der Waals surface area (Å²) in [4.78, 5) is 2.12. The van der Waals surface area contributed by atoms with Crippen molar-refractivity contribution in [2.24, 2.45) is 5.73 Å². The van der Waals surface area contributed by atoms with Crippen LogP contribution in [0.25, 0.3) is 0 Å². The average molecular weight is 304 g/mol. The summed E-state index contributed by atoms with van der Waals surface area (Å²) in [6.07, 6.45) is 0.520. The van der Waals surface area contributed by atoms with Crippen molar-refractivity contribution in [1.29, 1.82) is 5.41 Å². The first-order valence-corrected chi connectivity index (χ1v) is 6.77. The molecule has 1 rings (SSSR count). The number of rotatable bonds is 8. The lowest BCUT2D eigenvalue weighted by atomic mass is 10.2. The minimum absolute atomic E-state index is 0.174. The van der Waals surface area contributed by atoms with Crippen molar-refractivity contribution < 1.29 is 4.74 Å². The maximum absolute atomic E-state index is 7.30. The van der Waals surface area contributed by atoms with E-state index in [1.54, 1.807) is 7.11 Å². The molecule has 0 aliphatic carbocycles. The molecule has 19 heavy (non-hydrogen) atoms. The van der Waals surface area contributed by atoms with E-state index in [4.69, 9.17) is 39.1 Å². The first-order valence-electron chi connectivity index (χ1n) is 6.01. The predicted molar refractivity (Wildman–Crippen MR) is 80.1 cm³/mol. The highest BCUT2D eigenvalue weighted by Gasteiger charge is 2.11. The Morgan fingerprint density at radius 2 is 1.95 bits per heavy atom. The van der Waals surface area contributed by atoms with E-state index in [-0.39, 0.29) is 5.84 Å². The van der Waals surface area contributed by atoms with Gasteiger partial charge in [-0.25, -0.2) is 0 Å². The molecular formula is C13H19Cl2N3O. The van der Waals surface area contributed by atoms with Crippen LogP contribution in [0.1, 0.15) is 12.0 Å². The Kier molecular flexibility index (Phi) is 7.16. The zero-order valence-electron chi connectivity index (χ0n) is 11.0. The minimum atomic E-state index is 0.174. The number of amidine groups is 1. The van der Waals surface area contributed by atoms with Crippen LogP contribution >= 0.6 is 23.2 Å². The number of benzene rings is 1. The van der Waals surface area contributed by atoms with Crippen molar-refractivity contribution in [3.8, 4) is 0 Å². The van der Waals surface area contributed by atoms with Gasteiger partial charge in [0.15, 0.2) is 0 Å². The zero-order chi connectivity index (χ0) is 14.3. The SMILES string of the molecule is COCCN(CCC(=N)N)Cc1c(Cl)cccc1Cl. The second-order valence-corrected chi connectivity index (χ2v) is 5.06. The fourth-order valence-electron chi connectivity index (χ4n) is 1.68. The van der Waals surface area contributed by atoms with Gasteiger partial charge < -0.3 is 10.5 Å². The number of halogens is 2. The van der Waals surface area contributed by atoms with Gasteiger partial charge in [0.05, 0.1) is 12.4 Å². The van der Waals surface area contributed by atoms with E-state index >= 15 is 0 Å². The molecule has 6 heteroatoms. The van der Waals surface area contributed by atoms with E-state index in [2.05, 4.69) is 4.90 Å². The maximum Gasteiger partial charge on any atom is 0.0918 e. The molecule has 0 aliphatic rings. The van der Waals surface area contributed by atoms with Gasteiger partial charge >= 0.3 is 0 Å². The molecule has 0 bridgehead atoms. The molecule has 3 N–H and O–H groups in total. The molecule has 0 spiro atoms. The van der Waals surface area contributed by atoms with Crippen LogP contribution in [0.15, 0.2) is 18.2 Å². The van der Waals surface area contributed by atoms with Crippen LogP contribution in [-0.2, 0) is 11.3 Å². The van der Waals surface area contributed by atoms with Gasteiger partial charge in [-0.05, 0) is 12.1 Å². The van der Waals surface area contributed by atoms with Crippen molar-refractivity contribution in [2.75, 3.05) is 26.8 Å². The fraction of sp³-hybridized carbons (Fsp3) is 0.462. The molecular weight excluding hydrogens is 285 g/mol. The molecule has 0 fully saturated rings. The number of methoxy groups -OCH3 is 1. The van der Waals surface area contributed by atoms with Gasteiger partial charge in [0, 0.05) is 48.8 Å². The molecule has 1 aromatic rings. The van der Waals surface area contributed by atoms with Gasteiger partial charge in [0.1, 0.15) is 0 Å². The second kappa shape index (κ2) is 8.38. The number of hydrogen-bond donors (Lipinski definition) is 2. The van der Waals surface area contributed by atoms with Gasteiger partial charge in [-0.3, -0.25) is 10.3 Å². The van der Waals surface area contributed by atoms with Crippen molar-refractivity contribution >= 4 is 29.0 Å². The van der Waals surface area contributed by atoms with Gasteiger partial charge in [-0.1, -0.05) is 29.3 Å². The summed E-state index contributed by atoms with van der Waals surface area (Å²) in [6, 6.07) is 5.47. The molecule has 0 unspecified atom stereocenters. The Labute approximate surface area is 123 Å². The number of nitrogens with zero attached hydrogens (tertiary/aromatic N) is 1. The highest BCUT2D eigenvalue weighted by Crippen LogP contribution is 2.25. The second-order valence-electron chi connectivity index (χ2n) is 4.24. The molecule has 0 amide bonds. The Bertz CT molecular complexity index is 406. The van der Waals surface area contributed by atoms with E-state index < -0.39 is 0 Å². The van der Waals surface area contributed by atoms with Crippen molar-refractivity contribution in [3.63, 3.8) is 0 Å². The maximum atomic E-state index is 7.30. The van der Waals surface area contributed by atoms with Crippen LogP contribution < -0.4 is 5.73 Å². The summed E-state index contributed by atoms with van der Waals surface area (Å²) in [5.74, 6) is 0.174. The van der Waals surface area contributed by atoms with E-state index in [0.29, 0.717) is 36.2 Å². The summed E-state index contributed by atoms with van der Waals surface area (Å²) >= 11 is 12.3. The third kappa shape index (κ3) is 5.78. The van der Waals surface area contributed by atoms with Gasteiger partial charge in [0.25, 0.3) is 0 Å². The van der Waals surface area contributed by atoms with Crippen LogP contribution in [0.4, 0.5) is 0 Å². The van der Waals surface area contributed by atoms with Crippen molar-refractivity contribution in [3.05, 3.63) is 33.8 Å². The standard InChI is InChI=1S/C13H19Cl2N3O/c1-19-8-7-18(6-5-13(16)17)9-10-11(14)3-2-4-12(10)15/h2-4H,5-9H2,1H3,(H3,16,17). The fourth-order valence-corrected chi connectivity index (χ4v) is 2.19. The van der Waals surface area contributed by atoms with Crippen LogP contribution in [0.5, 0.6) is 0 Å². The van der Waals surface area contributed by atoms with Crippen LogP contribution in [0.2, 0.25) is 10.0 Å². The number of nitrogens with two attached hydrogens (primary N) is 1. The Hall–Kier alpha value is -0.810. The number of ether oxygens (including phenoxy) is 1. The van der Waals surface area contributed by atoms with Gasteiger partial charge in [-0.2, -0.15) is 0 Å². The van der Waals surface area contributed by atoms with Gasteiger partial charge in [-0.15, -0.1) is 0 Å². The lowest BCUT2D eigenvalue weighted by molar-refractivity contribution is 0.146. The summed E-state index contributed by atoms with van der Waals surface area (Å²) in [6.45, 7) is 2.65. The molecule has 0 radical (unpaired) electrons. The molecule has 0 heterocycles. The normalized spacial score (nSPS) is 10.9. The highest BCUT2D eigenvalue weighted by atomic mass is 35.5. The summed E-state index contributed by atoms with van der Waals surface area (Å²) in [5.41, 5.74) is 6.29. The molecule has 0 aliphatic heterocycles. The van der Waals surface area contributed by atoms with Crippen molar-refractivity contribution in [1.82, 2.24) is 4.90 Å². The molecule has 4 nitrogen and oxygen atoms in total. The molecule has 0 atom stereocenters. The van der Waals surface area contributed by atoms with E-state index in [9.17, 15) is 0 Å². The van der Waals surface area contributed by atoms with Crippen LogP contribution in [0.3, 0.4) is 0 Å². The van der Waals surface area contributed by atoms with E-state index in [0.717, 1.165) is 12.1 Å². The lowest BCUT2D eigenvalue weighted by Crippen LogP contribution is -2.30. The summed E-state index contributed by atoms with van der Waals surface area (Å²) < 4.78 is 5.08. The largest absolute Gasteiger partial charge is 0.388 e. The lowest BCUT2D eigenvalue weighted by Gasteiger charge is -2.22. The first kappa shape index (κ1) is 16.2. The molecule has 1 aromatic carbocycles. The smallest absolute Gasteiger partial charge is 0.0918 e. The third-order valence-electron chi connectivity index (χ3n) is 2.75. The zero-order valence-corrected chi connectivity index (χ0v) is 12.5. The number of hydrogen-bond acceptors (Lipinski definition) is 3. The van der Waals surface area contributed by atoms with E-state index in [1.165, 1.54) is 0 Å². The molecule has 106 valence electrons. The average Bonchev–Trinajstić information content (AvgIpc) is 2.36. The van der Waals surface area contributed by atoms with Crippen molar-refractivity contribution in [2.45, 2.75) is 13.0 Å². The Morgan fingerprint density at radius 3 is 2.47 bits per heavy atom. The Morgan fingerprint density at radius 1 is 1.32 bits per heavy atom.